The number of anilines is 2. The van der Waals surface area contributed by atoms with Crippen molar-refractivity contribution in [2.45, 2.75) is 11.1 Å². The van der Waals surface area contributed by atoms with Crippen LogP contribution in [0, 0.1) is 0 Å². The number of alkyl halides is 3. The van der Waals surface area contributed by atoms with E-state index >= 15 is 0 Å². The second-order valence-corrected chi connectivity index (χ2v) is 6.12. The summed E-state index contributed by atoms with van der Waals surface area (Å²) < 4.78 is 37.0. The maximum atomic E-state index is 12.3. The number of nitrogens with one attached hydrogen (secondary N) is 2. The van der Waals surface area contributed by atoms with Crippen LogP contribution in [0.3, 0.4) is 0 Å². The van der Waals surface area contributed by atoms with E-state index in [9.17, 15) is 18.0 Å². The van der Waals surface area contributed by atoms with E-state index in [4.69, 9.17) is 11.6 Å². The molecule has 0 atom stereocenters. The van der Waals surface area contributed by atoms with Crippen LogP contribution in [-0.4, -0.2) is 29.4 Å². The second-order valence-electron chi connectivity index (χ2n) is 4.66. The van der Waals surface area contributed by atoms with E-state index in [-0.39, 0.29) is 12.5 Å². The highest BCUT2D eigenvalue weighted by Gasteiger charge is 2.27. The molecule has 1 aromatic heterocycles. The lowest BCUT2D eigenvalue weighted by molar-refractivity contribution is -0.114. The fourth-order valence-electron chi connectivity index (χ4n) is 1.71. The minimum atomic E-state index is -4.25. The Balaban J connectivity index is 1.91. The fourth-order valence-corrected chi connectivity index (χ4v) is 2.61. The lowest BCUT2D eigenvalue weighted by Crippen LogP contribution is -2.22. The molecule has 24 heavy (non-hydrogen) atoms. The minimum Gasteiger partial charge on any atom is -0.375 e. The molecule has 2 N–H and O–H groups in total. The third-order valence-corrected chi connectivity index (χ3v) is 4.07. The lowest BCUT2D eigenvalue weighted by Gasteiger charge is -2.12. The highest BCUT2D eigenvalue weighted by Crippen LogP contribution is 2.31. The van der Waals surface area contributed by atoms with Crippen molar-refractivity contribution < 1.29 is 18.0 Å². The summed E-state index contributed by atoms with van der Waals surface area (Å²) in [6, 6.07) is 9.64. The van der Waals surface area contributed by atoms with E-state index in [1.165, 1.54) is 6.20 Å². The van der Waals surface area contributed by atoms with Gasteiger partial charge in [0.05, 0.1) is 17.3 Å². The summed E-state index contributed by atoms with van der Waals surface area (Å²) in [7, 11) is 0. The Morgan fingerprint density at radius 2 is 1.96 bits per heavy atom. The Labute approximate surface area is 145 Å². The smallest absolute Gasteiger partial charge is 0.375 e. The second kappa shape index (κ2) is 8.25. The Kier molecular flexibility index (Phi) is 6.33. The van der Waals surface area contributed by atoms with Gasteiger partial charge in [0.15, 0.2) is 0 Å². The topological polar surface area (TPSA) is 54.0 Å². The molecule has 2 aromatic rings. The number of rotatable bonds is 6. The summed E-state index contributed by atoms with van der Waals surface area (Å²) in [5, 5.41) is 5.83. The Hall–Kier alpha value is -1.93. The van der Waals surface area contributed by atoms with E-state index in [1.807, 2.05) is 0 Å². The maximum Gasteiger partial charge on any atom is 0.398 e. The van der Waals surface area contributed by atoms with Crippen LogP contribution in [0.2, 0.25) is 5.02 Å². The van der Waals surface area contributed by atoms with Gasteiger partial charge in [-0.3, -0.25) is 4.79 Å². The molecule has 0 radical (unpaired) electrons. The molecule has 0 saturated carbocycles. The molecule has 2 rings (SSSR count). The monoisotopic (exact) mass is 375 g/mol. The first kappa shape index (κ1) is 18.4. The number of aromatic nitrogens is 1. The fraction of sp³-hybridized carbons (Fsp3) is 0.200. The molecule has 0 fully saturated rings. The normalized spacial score (nSPS) is 11.2. The van der Waals surface area contributed by atoms with Crippen LogP contribution in [-0.2, 0) is 4.79 Å². The SMILES string of the molecule is O=C(CNc1ccccc1SCC(F)(F)F)Nc1ccc(Cl)cn1. The highest BCUT2D eigenvalue weighted by atomic mass is 35.5. The van der Waals surface area contributed by atoms with Gasteiger partial charge in [0.2, 0.25) is 5.91 Å². The maximum absolute atomic E-state index is 12.3. The molecular formula is C15H13ClF3N3OS. The molecule has 9 heteroatoms. The predicted molar refractivity (Wildman–Crippen MR) is 89.6 cm³/mol. The largest absolute Gasteiger partial charge is 0.398 e. The number of carbonyl (C=O) groups is 1. The molecule has 128 valence electrons. The molecule has 1 heterocycles. The van der Waals surface area contributed by atoms with Crippen molar-refractivity contribution in [1.82, 2.24) is 4.98 Å². The van der Waals surface area contributed by atoms with Gasteiger partial charge in [0, 0.05) is 16.8 Å². The van der Waals surface area contributed by atoms with Gasteiger partial charge in [-0.2, -0.15) is 13.2 Å². The number of carbonyl (C=O) groups excluding carboxylic acids is 1. The standard InChI is InChI=1S/C15H13ClF3N3OS/c16-10-5-6-13(21-7-10)22-14(23)8-20-11-3-1-2-4-12(11)24-9-15(17,18)19/h1-7,20H,8-9H2,(H,21,22,23). The molecule has 0 spiro atoms. The zero-order valence-corrected chi connectivity index (χ0v) is 13.8. The van der Waals surface area contributed by atoms with Crippen LogP contribution in [0.4, 0.5) is 24.7 Å². The number of para-hydroxylation sites is 1. The van der Waals surface area contributed by atoms with Crippen LogP contribution in [0.15, 0.2) is 47.5 Å². The highest BCUT2D eigenvalue weighted by molar-refractivity contribution is 7.99. The molecule has 0 bridgehead atoms. The van der Waals surface area contributed by atoms with Gasteiger partial charge in [-0.05, 0) is 24.3 Å². The van der Waals surface area contributed by atoms with Gasteiger partial charge in [-0.25, -0.2) is 4.98 Å². The lowest BCUT2D eigenvalue weighted by atomic mass is 10.3. The van der Waals surface area contributed by atoms with Gasteiger partial charge in [-0.15, -0.1) is 11.8 Å². The quantitative estimate of drug-likeness (QED) is 0.733. The zero-order chi connectivity index (χ0) is 17.6. The van der Waals surface area contributed by atoms with Gasteiger partial charge in [-0.1, -0.05) is 23.7 Å². The third-order valence-electron chi connectivity index (χ3n) is 2.71. The molecule has 0 unspecified atom stereocenters. The molecule has 0 aliphatic rings. The van der Waals surface area contributed by atoms with Crippen LogP contribution in [0.25, 0.3) is 0 Å². The number of thioether (sulfide) groups is 1. The molecular weight excluding hydrogens is 363 g/mol. The summed E-state index contributed by atoms with van der Waals surface area (Å²) in [6.07, 6.45) is -2.86. The summed E-state index contributed by atoms with van der Waals surface area (Å²) in [6.45, 7) is -0.103. The summed E-state index contributed by atoms with van der Waals surface area (Å²) in [5.74, 6) is -1.03. The number of hydrogen-bond acceptors (Lipinski definition) is 4. The molecule has 0 aliphatic heterocycles. The molecule has 1 aromatic carbocycles. The summed E-state index contributed by atoms with van der Waals surface area (Å²) in [4.78, 5) is 16.2. The Morgan fingerprint density at radius 3 is 2.62 bits per heavy atom. The van der Waals surface area contributed by atoms with E-state index in [0.717, 1.165) is 0 Å². The molecule has 0 saturated heterocycles. The van der Waals surface area contributed by atoms with Gasteiger partial charge in [0.1, 0.15) is 5.82 Å². The first-order valence-corrected chi connectivity index (χ1v) is 8.14. The molecule has 1 amide bonds. The van der Waals surface area contributed by atoms with Crippen molar-refractivity contribution >= 4 is 40.8 Å². The van der Waals surface area contributed by atoms with Gasteiger partial charge >= 0.3 is 6.18 Å². The average molecular weight is 376 g/mol. The van der Waals surface area contributed by atoms with Crippen molar-refractivity contribution in [3.05, 3.63) is 47.6 Å². The average Bonchev–Trinajstić information content (AvgIpc) is 2.53. The number of amides is 1. The number of nitrogens with zero attached hydrogens (tertiary/aromatic N) is 1. The van der Waals surface area contributed by atoms with Crippen molar-refractivity contribution in [3.63, 3.8) is 0 Å². The van der Waals surface area contributed by atoms with Crippen LogP contribution < -0.4 is 10.6 Å². The van der Waals surface area contributed by atoms with Crippen molar-refractivity contribution in [2.24, 2.45) is 0 Å². The minimum absolute atomic E-state index is 0.103. The van der Waals surface area contributed by atoms with Crippen molar-refractivity contribution in [2.75, 3.05) is 22.9 Å². The number of benzene rings is 1. The number of hydrogen-bond donors (Lipinski definition) is 2. The summed E-state index contributed by atoms with van der Waals surface area (Å²) in [5.41, 5.74) is 0.464. The first-order valence-electron chi connectivity index (χ1n) is 6.77. The van der Waals surface area contributed by atoms with Crippen molar-refractivity contribution in [3.8, 4) is 0 Å². The van der Waals surface area contributed by atoms with Crippen molar-refractivity contribution in [1.29, 1.82) is 0 Å². The van der Waals surface area contributed by atoms with Crippen LogP contribution >= 0.6 is 23.4 Å². The van der Waals surface area contributed by atoms with Crippen LogP contribution in [0.5, 0.6) is 0 Å². The van der Waals surface area contributed by atoms with Gasteiger partial charge in [0.25, 0.3) is 0 Å². The Bertz CT molecular complexity index is 695. The number of halogens is 4. The van der Waals surface area contributed by atoms with E-state index in [2.05, 4.69) is 15.6 Å². The molecule has 4 nitrogen and oxygen atoms in total. The Morgan fingerprint density at radius 1 is 1.21 bits per heavy atom. The predicted octanol–water partition coefficient (Wildman–Crippen LogP) is 4.44. The number of pyridine rings is 1. The van der Waals surface area contributed by atoms with Gasteiger partial charge < -0.3 is 10.6 Å². The van der Waals surface area contributed by atoms with E-state index in [1.54, 1.807) is 36.4 Å². The molecule has 0 aliphatic carbocycles. The first-order chi connectivity index (χ1) is 11.3. The van der Waals surface area contributed by atoms with Crippen LogP contribution in [0.1, 0.15) is 0 Å². The third kappa shape index (κ3) is 6.29. The zero-order valence-electron chi connectivity index (χ0n) is 12.2. The van der Waals surface area contributed by atoms with E-state index in [0.29, 0.717) is 33.2 Å². The van der Waals surface area contributed by atoms with E-state index < -0.39 is 11.9 Å². The summed E-state index contributed by atoms with van der Waals surface area (Å²) >= 11 is 6.36.